The summed E-state index contributed by atoms with van der Waals surface area (Å²) in [7, 11) is 0. The summed E-state index contributed by atoms with van der Waals surface area (Å²) in [6, 6.07) is 7.80. The van der Waals surface area contributed by atoms with E-state index in [-0.39, 0.29) is 24.2 Å². The fourth-order valence-electron chi connectivity index (χ4n) is 2.31. The number of rotatable bonds is 6. The SMILES string of the molecule is CCCNCCNC(=O)C1CCOc2ccccc21.Cl. The van der Waals surface area contributed by atoms with Crippen LogP contribution < -0.4 is 15.4 Å². The highest BCUT2D eigenvalue weighted by Gasteiger charge is 2.26. The monoisotopic (exact) mass is 298 g/mol. The molecule has 5 heteroatoms. The van der Waals surface area contributed by atoms with Gasteiger partial charge in [-0.15, -0.1) is 12.4 Å². The highest BCUT2D eigenvalue weighted by atomic mass is 35.5. The summed E-state index contributed by atoms with van der Waals surface area (Å²) in [5, 5.41) is 6.27. The number of ether oxygens (including phenoxy) is 1. The van der Waals surface area contributed by atoms with Crippen molar-refractivity contribution >= 4 is 18.3 Å². The largest absolute Gasteiger partial charge is 0.493 e. The Morgan fingerprint density at radius 1 is 1.30 bits per heavy atom. The second kappa shape index (κ2) is 8.82. The van der Waals surface area contributed by atoms with Crippen molar-refractivity contribution in [3.63, 3.8) is 0 Å². The molecule has 0 saturated carbocycles. The zero-order chi connectivity index (χ0) is 13.5. The lowest BCUT2D eigenvalue weighted by molar-refractivity contribution is -0.123. The van der Waals surface area contributed by atoms with Crippen LogP contribution in [0.1, 0.15) is 31.2 Å². The van der Waals surface area contributed by atoms with Gasteiger partial charge in [0.05, 0.1) is 12.5 Å². The van der Waals surface area contributed by atoms with Crippen LogP contribution >= 0.6 is 12.4 Å². The minimum Gasteiger partial charge on any atom is -0.493 e. The lowest BCUT2D eigenvalue weighted by Crippen LogP contribution is -2.36. The third kappa shape index (κ3) is 4.39. The van der Waals surface area contributed by atoms with Crippen LogP contribution in [0.3, 0.4) is 0 Å². The minimum absolute atomic E-state index is 0. The van der Waals surface area contributed by atoms with Crippen LogP contribution in [0, 0.1) is 0 Å². The van der Waals surface area contributed by atoms with E-state index in [1.807, 2.05) is 24.3 Å². The second-order valence-corrected chi connectivity index (χ2v) is 4.77. The molecule has 1 aromatic rings. The first-order valence-corrected chi connectivity index (χ1v) is 7.03. The van der Waals surface area contributed by atoms with Gasteiger partial charge in [0.2, 0.25) is 5.91 Å². The first kappa shape index (κ1) is 16.8. The Labute approximate surface area is 126 Å². The molecule has 1 unspecified atom stereocenters. The molecule has 4 nitrogen and oxygen atoms in total. The smallest absolute Gasteiger partial charge is 0.227 e. The van der Waals surface area contributed by atoms with Gasteiger partial charge in [0.15, 0.2) is 0 Å². The Hall–Kier alpha value is -1.26. The Morgan fingerprint density at radius 3 is 2.90 bits per heavy atom. The maximum Gasteiger partial charge on any atom is 0.227 e. The van der Waals surface area contributed by atoms with Crippen LogP contribution in [0.15, 0.2) is 24.3 Å². The van der Waals surface area contributed by atoms with E-state index in [2.05, 4.69) is 17.6 Å². The van der Waals surface area contributed by atoms with Crippen LogP contribution in [0.2, 0.25) is 0 Å². The molecular weight excluding hydrogens is 276 g/mol. The van der Waals surface area contributed by atoms with E-state index in [0.29, 0.717) is 13.2 Å². The predicted molar refractivity (Wildman–Crippen MR) is 82.7 cm³/mol. The Balaban J connectivity index is 0.00000200. The van der Waals surface area contributed by atoms with Gasteiger partial charge in [0.1, 0.15) is 5.75 Å². The molecule has 0 saturated heterocycles. The van der Waals surface area contributed by atoms with Crippen molar-refractivity contribution in [2.45, 2.75) is 25.7 Å². The number of amides is 1. The quantitative estimate of drug-likeness (QED) is 0.791. The minimum atomic E-state index is -0.0730. The van der Waals surface area contributed by atoms with E-state index < -0.39 is 0 Å². The Bertz CT molecular complexity index is 426. The molecule has 0 fully saturated rings. The summed E-state index contributed by atoms with van der Waals surface area (Å²) in [5.74, 6) is 0.878. The normalized spacial score (nSPS) is 16.6. The van der Waals surface area contributed by atoms with Crippen molar-refractivity contribution in [1.82, 2.24) is 10.6 Å². The summed E-state index contributed by atoms with van der Waals surface area (Å²) in [6.07, 6.45) is 1.87. The number of para-hydroxylation sites is 1. The lowest BCUT2D eigenvalue weighted by Gasteiger charge is -2.25. The van der Waals surface area contributed by atoms with Crippen molar-refractivity contribution in [1.29, 1.82) is 0 Å². The summed E-state index contributed by atoms with van der Waals surface area (Å²) >= 11 is 0. The average molecular weight is 299 g/mol. The van der Waals surface area contributed by atoms with Crippen molar-refractivity contribution < 1.29 is 9.53 Å². The fourth-order valence-corrected chi connectivity index (χ4v) is 2.31. The predicted octanol–water partition coefficient (Wildman–Crippen LogP) is 2.09. The molecule has 112 valence electrons. The van der Waals surface area contributed by atoms with Crippen LogP contribution in [-0.2, 0) is 4.79 Å². The van der Waals surface area contributed by atoms with Gasteiger partial charge >= 0.3 is 0 Å². The van der Waals surface area contributed by atoms with E-state index in [4.69, 9.17) is 4.74 Å². The Morgan fingerprint density at radius 2 is 2.10 bits per heavy atom. The van der Waals surface area contributed by atoms with E-state index in [1.54, 1.807) is 0 Å². The number of carbonyl (C=O) groups excluding carboxylic acids is 1. The first-order valence-electron chi connectivity index (χ1n) is 7.03. The molecular formula is C15H23ClN2O2. The molecule has 0 aromatic heterocycles. The van der Waals surface area contributed by atoms with Crippen LogP contribution in [0.5, 0.6) is 5.75 Å². The van der Waals surface area contributed by atoms with E-state index in [1.165, 1.54) is 0 Å². The van der Waals surface area contributed by atoms with Crippen LogP contribution in [0.4, 0.5) is 0 Å². The molecule has 2 rings (SSSR count). The topological polar surface area (TPSA) is 50.4 Å². The third-order valence-corrected chi connectivity index (χ3v) is 3.30. The van der Waals surface area contributed by atoms with E-state index in [0.717, 1.165) is 37.2 Å². The molecule has 2 N–H and O–H groups in total. The molecule has 1 aliphatic rings. The highest BCUT2D eigenvalue weighted by Crippen LogP contribution is 2.33. The van der Waals surface area contributed by atoms with Crippen LogP contribution in [0.25, 0.3) is 0 Å². The molecule has 1 heterocycles. The number of nitrogens with one attached hydrogen (secondary N) is 2. The lowest BCUT2D eigenvalue weighted by atomic mass is 9.92. The molecule has 20 heavy (non-hydrogen) atoms. The molecule has 1 aliphatic heterocycles. The van der Waals surface area contributed by atoms with E-state index >= 15 is 0 Å². The van der Waals surface area contributed by atoms with E-state index in [9.17, 15) is 4.79 Å². The number of fused-ring (bicyclic) bond motifs is 1. The molecule has 0 spiro atoms. The Kier molecular flexibility index (Phi) is 7.41. The number of hydrogen-bond acceptors (Lipinski definition) is 3. The zero-order valence-electron chi connectivity index (χ0n) is 11.9. The van der Waals surface area contributed by atoms with Gasteiger partial charge in [-0.1, -0.05) is 25.1 Å². The standard InChI is InChI=1S/C15H22N2O2.ClH/c1-2-8-16-9-10-17-15(18)13-7-11-19-14-6-4-3-5-12(13)14;/h3-6,13,16H,2,7-11H2,1H3,(H,17,18);1H. The number of carbonyl (C=O) groups is 1. The van der Waals surface area contributed by atoms with Crippen molar-refractivity contribution in [3.8, 4) is 5.75 Å². The number of halogens is 1. The zero-order valence-corrected chi connectivity index (χ0v) is 12.7. The van der Waals surface area contributed by atoms with Crippen molar-refractivity contribution in [3.05, 3.63) is 29.8 Å². The average Bonchev–Trinajstić information content (AvgIpc) is 2.46. The number of benzene rings is 1. The molecule has 1 atom stereocenters. The molecule has 0 radical (unpaired) electrons. The van der Waals surface area contributed by atoms with Gasteiger partial charge in [-0.25, -0.2) is 0 Å². The maximum absolute atomic E-state index is 12.2. The summed E-state index contributed by atoms with van der Waals surface area (Å²) < 4.78 is 5.57. The third-order valence-electron chi connectivity index (χ3n) is 3.30. The van der Waals surface area contributed by atoms with Gasteiger partial charge in [0.25, 0.3) is 0 Å². The molecule has 1 amide bonds. The summed E-state index contributed by atoms with van der Waals surface area (Å²) in [4.78, 5) is 12.2. The highest BCUT2D eigenvalue weighted by molar-refractivity contribution is 5.85. The van der Waals surface area contributed by atoms with Crippen molar-refractivity contribution in [2.75, 3.05) is 26.2 Å². The summed E-state index contributed by atoms with van der Waals surface area (Å²) in [6.45, 7) is 5.24. The van der Waals surface area contributed by atoms with Crippen molar-refractivity contribution in [2.24, 2.45) is 0 Å². The van der Waals surface area contributed by atoms with Crippen LogP contribution in [-0.4, -0.2) is 32.1 Å². The molecule has 0 aliphatic carbocycles. The molecule has 0 bridgehead atoms. The van der Waals surface area contributed by atoms with Gasteiger partial charge in [-0.2, -0.15) is 0 Å². The maximum atomic E-state index is 12.2. The van der Waals surface area contributed by atoms with Gasteiger partial charge in [-0.3, -0.25) is 4.79 Å². The second-order valence-electron chi connectivity index (χ2n) is 4.77. The first-order chi connectivity index (χ1) is 9.33. The molecule has 1 aromatic carbocycles. The van der Waals surface area contributed by atoms with Gasteiger partial charge in [0, 0.05) is 18.7 Å². The van der Waals surface area contributed by atoms with Gasteiger partial charge in [-0.05, 0) is 25.5 Å². The fraction of sp³-hybridized carbons (Fsp3) is 0.533. The number of hydrogen-bond donors (Lipinski definition) is 2. The summed E-state index contributed by atoms with van der Waals surface area (Å²) in [5.41, 5.74) is 1.01. The van der Waals surface area contributed by atoms with Gasteiger partial charge < -0.3 is 15.4 Å².